The molecule has 0 saturated heterocycles. The first-order valence-electron chi connectivity index (χ1n) is 8.29. The molecule has 0 heterocycles. The minimum atomic E-state index is -0.0122. The first-order valence-corrected chi connectivity index (χ1v) is 8.29. The highest BCUT2D eigenvalue weighted by atomic mass is 16.1. The van der Waals surface area contributed by atoms with Crippen LogP contribution < -0.4 is 5.32 Å². The Bertz CT molecular complexity index is 621. The molecule has 0 aromatic heterocycles. The van der Waals surface area contributed by atoms with Crippen LogP contribution in [0.5, 0.6) is 0 Å². The van der Waals surface area contributed by atoms with E-state index in [-0.39, 0.29) is 11.9 Å². The fourth-order valence-corrected chi connectivity index (χ4v) is 2.88. The molecule has 2 rings (SSSR count). The van der Waals surface area contributed by atoms with Gasteiger partial charge in [-0.1, -0.05) is 61.9 Å². The molecule has 1 atom stereocenters. The van der Waals surface area contributed by atoms with Gasteiger partial charge < -0.3 is 5.32 Å². The van der Waals surface area contributed by atoms with Crippen molar-refractivity contribution in [3.8, 4) is 0 Å². The molecule has 3 nitrogen and oxygen atoms in total. The van der Waals surface area contributed by atoms with Gasteiger partial charge >= 0.3 is 0 Å². The van der Waals surface area contributed by atoms with E-state index in [1.165, 1.54) is 5.56 Å². The lowest BCUT2D eigenvalue weighted by molar-refractivity contribution is 0.0935. The summed E-state index contributed by atoms with van der Waals surface area (Å²) in [4.78, 5) is 14.8. The first kappa shape index (κ1) is 17.2. The van der Waals surface area contributed by atoms with E-state index >= 15 is 0 Å². The lowest BCUT2D eigenvalue weighted by Gasteiger charge is -2.30. The van der Waals surface area contributed by atoms with Crippen molar-refractivity contribution in [2.24, 2.45) is 0 Å². The monoisotopic (exact) mass is 310 g/mol. The highest BCUT2D eigenvalue weighted by Crippen LogP contribution is 2.19. The number of aryl methyl sites for hydroxylation is 1. The maximum atomic E-state index is 12.4. The molecule has 2 aromatic carbocycles. The molecule has 2 aromatic rings. The zero-order valence-electron chi connectivity index (χ0n) is 14.3. The number of amides is 1. The molecule has 122 valence electrons. The van der Waals surface area contributed by atoms with Crippen LogP contribution in [-0.4, -0.2) is 30.4 Å². The van der Waals surface area contributed by atoms with Gasteiger partial charge in [0.15, 0.2) is 0 Å². The summed E-state index contributed by atoms with van der Waals surface area (Å²) in [6.07, 6.45) is 0. The average molecular weight is 310 g/mol. The predicted molar refractivity (Wildman–Crippen MR) is 95.6 cm³/mol. The fourth-order valence-electron chi connectivity index (χ4n) is 2.88. The summed E-state index contributed by atoms with van der Waals surface area (Å²) in [6, 6.07) is 18.3. The number of likely N-dealkylation sites (N-methyl/N-ethyl adjacent to an activating group) is 1. The molecule has 0 spiro atoms. The normalized spacial score (nSPS) is 12.2. The topological polar surface area (TPSA) is 32.3 Å². The van der Waals surface area contributed by atoms with Crippen LogP contribution in [0.4, 0.5) is 0 Å². The van der Waals surface area contributed by atoms with Gasteiger partial charge in [-0.15, -0.1) is 0 Å². The van der Waals surface area contributed by atoms with Crippen LogP contribution in [0.2, 0.25) is 0 Å². The molecule has 1 amide bonds. The number of hydrogen-bond acceptors (Lipinski definition) is 2. The van der Waals surface area contributed by atoms with Gasteiger partial charge in [-0.05, 0) is 37.7 Å². The predicted octanol–water partition coefficient (Wildman–Crippen LogP) is 3.81. The van der Waals surface area contributed by atoms with Gasteiger partial charge in [-0.3, -0.25) is 9.69 Å². The largest absolute Gasteiger partial charge is 0.350 e. The number of hydrogen-bond donors (Lipinski definition) is 1. The molecule has 0 aliphatic heterocycles. The maximum Gasteiger partial charge on any atom is 0.251 e. The molecular weight excluding hydrogens is 284 g/mol. The van der Waals surface area contributed by atoms with Gasteiger partial charge in [0.2, 0.25) is 0 Å². The minimum Gasteiger partial charge on any atom is -0.350 e. The molecule has 0 saturated carbocycles. The Labute approximate surface area is 139 Å². The quantitative estimate of drug-likeness (QED) is 0.843. The Morgan fingerprint density at radius 2 is 1.74 bits per heavy atom. The van der Waals surface area contributed by atoms with Crippen molar-refractivity contribution in [1.29, 1.82) is 0 Å². The second kappa shape index (κ2) is 8.49. The summed E-state index contributed by atoms with van der Waals surface area (Å²) in [6.45, 7) is 8.83. The number of nitrogens with zero attached hydrogens (tertiary/aromatic N) is 1. The number of carbonyl (C=O) groups excluding carboxylic acids is 1. The first-order chi connectivity index (χ1) is 11.2. The SMILES string of the molecule is CCN(CC)[C@@H](CNC(=O)c1cccc(C)c1)c1ccccc1. The number of nitrogens with one attached hydrogen (secondary N) is 1. The Morgan fingerprint density at radius 1 is 1.04 bits per heavy atom. The van der Waals surface area contributed by atoms with Crippen molar-refractivity contribution in [1.82, 2.24) is 10.2 Å². The molecule has 1 N–H and O–H groups in total. The van der Waals surface area contributed by atoms with E-state index in [9.17, 15) is 4.79 Å². The number of carbonyl (C=O) groups is 1. The molecule has 0 aliphatic rings. The van der Waals surface area contributed by atoms with E-state index in [2.05, 4.69) is 36.2 Å². The van der Waals surface area contributed by atoms with Crippen molar-refractivity contribution < 1.29 is 4.79 Å². The highest BCUT2D eigenvalue weighted by Gasteiger charge is 2.18. The van der Waals surface area contributed by atoms with E-state index in [0.29, 0.717) is 6.54 Å². The Morgan fingerprint density at radius 3 is 2.35 bits per heavy atom. The minimum absolute atomic E-state index is 0.0122. The third kappa shape index (κ3) is 4.67. The third-order valence-electron chi connectivity index (χ3n) is 4.17. The van der Waals surface area contributed by atoms with Gasteiger partial charge in [0.1, 0.15) is 0 Å². The van der Waals surface area contributed by atoms with Gasteiger partial charge in [-0.2, -0.15) is 0 Å². The summed E-state index contributed by atoms with van der Waals surface area (Å²) < 4.78 is 0. The van der Waals surface area contributed by atoms with E-state index in [1.807, 2.05) is 49.4 Å². The van der Waals surface area contributed by atoms with E-state index in [0.717, 1.165) is 24.2 Å². The molecule has 0 radical (unpaired) electrons. The Hall–Kier alpha value is -2.13. The summed E-state index contributed by atoms with van der Waals surface area (Å²) in [7, 11) is 0. The molecule has 0 unspecified atom stereocenters. The van der Waals surface area contributed by atoms with Crippen LogP contribution in [0.1, 0.15) is 41.4 Å². The summed E-state index contributed by atoms with van der Waals surface area (Å²) in [5.74, 6) is -0.0122. The van der Waals surface area contributed by atoms with Crippen LogP contribution in [0.25, 0.3) is 0 Å². The molecule has 23 heavy (non-hydrogen) atoms. The highest BCUT2D eigenvalue weighted by molar-refractivity contribution is 5.94. The molecule has 0 aliphatic carbocycles. The van der Waals surface area contributed by atoms with Crippen molar-refractivity contribution >= 4 is 5.91 Å². The van der Waals surface area contributed by atoms with Crippen LogP contribution in [0.15, 0.2) is 54.6 Å². The number of benzene rings is 2. The fraction of sp³-hybridized carbons (Fsp3) is 0.350. The van der Waals surface area contributed by atoms with Crippen molar-refractivity contribution in [2.75, 3.05) is 19.6 Å². The van der Waals surface area contributed by atoms with Crippen LogP contribution in [0, 0.1) is 6.92 Å². The summed E-state index contributed by atoms with van der Waals surface area (Å²) in [5.41, 5.74) is 3.05. The Kier molecular flexibility index (Phi) is 6.36. The summed E-state index contributed by atoms with van der Waals surface area (Å²) in [5, 5.41) is 3.09. The van der Waals surface area contributed by atoms with Crippen molar-refractivity contribution in [2.45, 2.75) is 26.8 Å². The van der Waals surface area contributed by atoms with Crippen molar-refractivity contribution in [3.63, 3.8) is 0 Å². The van der Waals surface area contributed by atoms with Crippen LogP contribution in [-0.2, 0) is 0 Å². The second-order valence-electron chi connectivity index (χ2n) is 5.73. The van der Waals surface area contributed by atoms with E-state index in [4.69, 9.17) is 0 Å². The lowest BCUT2D eigenvalue weighted by Crippen LogP contribution is -2.38. The van der Waals surface area contributed by atoms with Gasteiger partial charge in [0.25, 0.3) is 5.91 Å². The van der Waals surface area contributed by atoms with Crippen LogP contribution >= 0.6 is 0 Å². The second-order valence-corrected chi connectivity index (χ2v) is 5.73. The standard InChI is InChI=1S/C20H26N2O/c1-4-22(5-2)19(17-11-7-6-8-12-17)15-21-20(23)18-13-9-10-16(3)14-18/h6-14,19H,4-5,15H2,1-3H3,(H,21,23)/t19-/m0/s1. The third-order valence-corrected chi connectivity index (χ3v) is 4.17. The molecule has 3 heteroatoms. The van der Waals surface area contributed by atoms with E-state index in [1.54, 1.807) is 0 Å². The lowest BCUT2D eigenvalue weighted by atomic mass is 10.0. The van der Waals surface area contributed by atoms with Gasteiger partial charge in [0.05, 0.1) is 6.04 Å². The van der Waals surface area contributed by atoms with Crippen LogP contribution in [0.3, 0.4) is 0 Å². The van der Waals surface area contributed by atoms with E-state index < -0.39 is 0 Å². The molecule has 0 bridgehead atoms. The maximum absolute atomic E-state index is 12.4. The smallest absolute Gasteiger partial charge is 0.251 e. The molecule has 0 fully saturated rings. The van der Waals surface area contributed by atoms with Crippen molar-refractivity contribution in [3.05, 3.63) is 71.3 Å². The molecular formula is C20H26N2O. The van der Waals surface area contributed by atoms with Gasteiger partial charge in [0, 0.05) is 12.1 Å². The zero-order chi connectivity index (χ0) is 16.7. The Balaban J connectivity index is 2.10. The zero-order valence-corrected chi connectivity index (χ0v) is 14.3. The number of rotatable bonds is 7. The average Bonchev–Trinajstić information content (AvgIpc) is 2.59. The summed E-state index contributed by atoms with van der Waals surface area (Å²) >= 11 is 0. The van der Waals surface area contributed by atoms with Gasteiger partial charge in [-0.25, -0.2) is 0 Å².